The lowest BCUT2D eigenvalue weighted by atomic mass is 10.1. The first-order valence-corrected chi connectivity index (χ1v) is 18.8. The average molecular weight is 863 g/mol. The van der Waals surface area contributed by atoms with Crippen molar-refractivity contribution in [3.63, 3.8) is 0 Å². The zero-order valence-corrected chi connectivity index (χ0v) is 32.5. The van der Waals surface area contributed by atoms with Gasteiger partial charge < -0.3 is 34.2 Å². The van der Waals surface area contributed by atoms with E-state index < -0.39 is 45.1 Å². The Morgan fingerprint density at radius 1 is 0.623 bits per heavy atom. The number of amides is 2. The number of carbonyl (C=O) groups excluding carboxylic acids is 2. The predicted octanol–water partition coefficient (Wildman–Crippen LogP) is 7.27. The van der Waals surface area contributed by atoms with Crippen molar-refractivity contribution in [3.05, 3.63) is 127 Å². The Balaban J connectivity index is 0.000000234. The van der Waals surface area contributed by atoms with Crippen LogP contribution in [0.3, 0.4) is 0 Å². The topological polar surface area (TPSA) is 172 Å². The second kappa shape index (κ2) is 19.6. The number of hydrogen-bond donors (Lipinski definition) is 1. The lowest BCUT2D eigenvalue weighted by molar-refractivity contribution is -0.385. The minimum atomic E-state index is -4.40. The molecule has 0 bridgehead atoms. The van der Waals surface area contributed by atoms with Gasteiger partial charge in [-0.1, -0.05) is 0 Å². The van der Waals surface area contributed by atoms with Gasteiger partial charge in [0, 0.05) is 94.6 Å². The van der Waals surface area contributed by atoms with Crippen molar-refractivity contribution >= 4 is 34.6 Å². The van der Waals surface area contributed by atoms with E-state index in [1.54, 1.807) is 4.90 Å². The molecule has 0 aliphatic carbocycles. The van der Waals surface area contributed by atoms with Gasteiger partial charge in [0.05, 0.1) is 38.7 Å². The third-order valence-corrected chi connectivity index (χ3v) is 9.77. The second-order valence-corrected chi connectivity index (χ2v) is 13.6. The number of piperazine rings is 2. The number of phenols is 1. The Hall–Kier alpha value is -6.64. The largest absolute Gasteiger partial charge is 0.507 e. The number of nitro groups is 2. The number of nitrogens with zero attached hydrogens (tertiary/aromatic N) is 6. The van der Waals surface area contributed by atoms with Crippen molar-refractivity contribution in [2.75, 3.05) is 82.0 Å². The molecule has 0 saturated carbocycles. The van der Waals surface area contributed by atoms with Crippen molar-refractivity contribution in [2.45, 2.75) is 19.3 Å². The molecule has 2 amide bonds. The summed E-state index contributed by atoms with van der Waals surface area (Å²) in [6, 6.07) is 16.8. The molecule has 0 aromatic heterocycles. The van der Waals surface area contributed by atoms with Crippen LogP contribution in [0.5, 0.6) is 11.5 Å². The van der Waals surface area contributed by atoms with Crippen LogP contribution < -0.4 is 14.5 Å². The predicted molar refractivity (Wildman–Crippen MR) is 209 cm³/mol. The summed E-state index contributed by atoms with van der Waals surface area (Å²) in [5, 5.41) is 31.9. The monoisotopic (exact) mass is 862 g/mol. The summed E-state index contributed by atoms with van der Waals surface area (Å²) < 4.78 is 87.1. The summed E-state index contributed by atoms with van der Waals surface area (Å²) in [5.41, 5.74) is -0.804. The number of ether oxygens (including phenoxy) is 2. The number of phenolic OH excluding ortho intramolecular Hbond substituents is 1. The van der Waals surface area contributed by atoms with E-state index in [-0.39, 0.29) is 53.7 Å². The zero-order valence-electron chi connectivity index (χ0n) is 32.5. The Morgan fingerprint density at radius 3 is 1.44 bits per heavy atom. The molecule has 0 atom stereocenters. The molecule has 0 unspecified atom stereocenters. The molecule has 0 radical (unpaired) electrons. The standard InChI is InChI=1S/C22H24F3N3O5.C18H16F3N3O4/c1-2-32-13-14-33-20-8-7-18(28(30)31)15-19(20)21(29)27-11-9-26(10-12-27)17-5-3-16(4-6-17)22(23,24)25;19-18(20,21)12-1-3-13(4-2-12)22-7-9-23(10-8-22)17(26)15-11-14(24(27)28)5-6-16(15)25/h3-8,15H,2,9-14H2,1H3;1-6,11,25H,7-10H2. The number of benzene rings is 4. The first-order valence-electron chi connectivity index (χ1n) is 18.8. The number of halogens is 6. The van der Waals surface area contributed by atoms with Gasteiger partial charge in [-0.15, -0.1) is 0 Å². The summed E-state index contributed by atoms with van der Waals surface area (Å²) in [6.45, 7) is 5.58. The molecule has 2 heterocycles. The quantitative estimate of drug-likeness (QED) is 0.0696. The second-order valence-electron chi connectivity index (χ2n) is 13.6. The van der Waals surface area contributed by atoms with Crippen molar-refractivity contribution in [1.82, 2.24) is 9.80 Å². The molecular formula is C40H40F6N6O9. The number of alkyl halides is 6. The van der Waals surface area contributed by atoms with Crippen LogP contribution in [0.25, 0.3) is 0 Å². The number of rotatable bonds is 11. The highest BCUT2D eigenvalue weighted by Gasteiger charge is 2.32. The number of anilines is 2. The summed E-state index contributed by atoms with van der Waals surface area (Å²) in [5.74, 6) is -1.05. The molecule has 0 spiro atoms. The molecular weight excluding hydrogens is 822 g/mol. The van der Waals surface area contributed by atoms with Crippen LogP contribution in [0.1, 0.15) is 38.8 Å². The molecule has 2 saturated heterocycles. The number of carbonyl (C=O) groups is 2. The van der Waals surface area contributed by atoms with E-state index in [9.17, 15) is 61.3 Å². The van der Waals surface area contributed by atoms with Crippen LogP contribution in [0.2, 0.25) is 0 Å². The van der Waals surface area contributed by atoms with E-state index in [1.165, 1.54) is 47.4 Å². The van der Waals surface area contributed by atoms with Crippen molar-refractivity contribution in [2.24, 2.45) is 0 Å². The Bertz CT molecular complexity index is 2170. The molecule has 2 fully saturated rings. The van der Waals surface area contributed by atoms with E-state index in [2.05, 4.69) is 0 Å². The highest BCUT2D eigenvalue weighted by molar-refractivity contribution is 5.98. The van der Waals surface area contributed by atoms with Crippen LogP contribution in [0.4, 0.5) is 49.1 Å². The summed E-state index contributed by atoms with van der Waals surface area (Å²) in [7, 11) is 0. The fraction of sp³-hybridized carbons (Fsp3) is 0.350. The molecule has 4 aromatic rings. The van der Waals surface area contributed by atoms with Crippen LogP contribution in [0.15, 0.2) is 84.9 Å². The van der Waals surface area contributed by atoms with Crippen LogP contribution in [-0.4, -0.2) is 109 Å². The van der Waals surface area contributed by atoms with Crippen molar-refractivity contribution in [1.29, 1.82) is 0 Å². The first kappa shape index (κ1) is 45.4. The van der Waals surface area contributed by atoms with Gasteiger partial charge in [-0.05, 0) is 67.6 Å². The third kappa shape index (κ3) is 11.8. The van der Waals surface area contributed by atoms with Gasteiger partial charge in [0.15, 0.2) is 0 Å². The minimum absolute atomic E-state index is 0.0867. The third-order valence-electron chi connectivity index (χ3n) is 9.77. The average Bonchev–Trinajstić information content (AvgIpc) is 3.24. The first-order chi connectivity index (χ1) is 28.9. The maximum Gasteiger partial charge on any atom is 0.416 e. The summed E-state index contributed by atoms with van der Waals surface area (Å²) >= 11 is 0. The molecule has 61 heavy (non-hydrogen) atoms. The lowest BCUT2D eigenvalue weighted by Crippen LogP contribution is -2.48. The highest BCUT2D eigenvalue weighted by Crippen LogP contribution is 2.33. The molecule has 4 aromatic carbocycles. The molecule has 2 aliphatic heterocycles. The van der Waals surface area contributed by atoms with Crippen LogP contribution in [0, 0.1) is 20.2 Å². The van der Waals surface area contributed by atoms with E-state index in [0.717, 1.165) is 42.5 Å². The number of hydrogen-bond acceptors (Lipinski definition) is 11. The van der Waals surface area contributed by atoms with Gasteiger partial charge in [-0.3, -0.25) is 29.8 Å². The molecule has 326 valence electrons. The van der Waals surface area contributed by atoms with Gasteiger partial charge >= 0.3 is 12.4 Å². The fourth-order valence-corrected chi connectivity index (χ4v) is 6.49. The van der Waals surface area contributed by atoms with E-state index in [0.29, 0.717) is 63.9 Å². The van der Waals surface area contributed by atoms with Crippen molar-refractivity contribution < 1.29 is 60.4 Å². The summed E-state index contributed by atoms with van der Waals surface area (Å²) in [4.78, 5) is 53.3. The van der Waals surface area contributed by atoms with Gasteiger partial charge in [-0.25, -0.2) is 0 Å². The van der Waals surface area contributed by atoms with E-state index in [1.807, 2.05) is 16.7 Å². The summed E-state index contributed by atoms with van der Waals surface area (Å²) in [6.07, 6.45) is -8.80. The molecule has 1 N–H and O–H groups in total. The molecule has 6 rings (SSSR count). The highest BCUT2D eigenvalue weighted by atomic mass is 19.4. The minimum Gasteiger partial charge on any atom is -0.507 e. The fourth-order valence-electron chi connectivity index (χ4n) is 6.49. The normalized spacial score (nSPS) is 14.5. The van der Waals surface area contributed by atoms with Gasteiger partial charge in [0.2, 0.25) is 0 Å². The van der Waals surface area contributed by atoms with E-state index >= 15 is 0 Å². The molecule has 15 nitrogen and oxygen atoms in total. The Kier molecular flexibility index (Phi) is 14.6. The van der Waals surface area contributed by atoms with E-state index in [4.69, 9.17) is 9.47 Å². The number of aromatic hydroxyl groups is 1. The number of non-ortho nitro benzene ring substituents is 2. The SMILES string of the molecule is CCOCCOc1ccc([N+](=O)[O-])cc1C(=O)N1CCN(c2ccc(C(F)(F)F)cc2)CC1.O=C(c1cc([N+](=O)[O-])ccc1O)N1CCN(c2ccc(C(F)(F)F)cc2)CC1. The Morgan fingerprint density at radius 2 is 1.03 bits per heavy atom. The van der Waals surface area contributed by atoms with Crippen LogP contribution >= 0.6 is 0 Å². The zero-order chi connectivity index (χ0) is 44.5. The maximum atomic E-state index is 13.1. The lowest BCUT2D eigenvalue weighted by Gasteiger charge is -2.36. The number of nitro benzene ring substituents is 2. The maximum absolute atomic E-state index is 13.1. The molecule has 21 heteroatoms. The Labute approximate surface area is 344 Å². The molecule has 2 aliphatic rings. The van der Waals surface area contributed by atoms with Crippen molar-refractivity contribution in [3.8, 4) is 11.5 Å². The van der Waals surface area contributed by atoms with Gasteiger partial charge in [0.1, 0.15) is 18.1 Å². The van der Waals surface area contributed by atoms with Gasteiger partial charge in [-0.2, -0.15) is 26.3 Å². The van der Waals surface area contributed by atoms with Gasteiger partial charge in [0.25, 0.3) is 23.2 Å². The van der Waals surface area contributed by atoms with Crippen LogP contribution in [-0.2, 0) is 17.1 Å². The smallest absolute Gasteiger partial charge is 0.416 e.